The number of phenolic OH excluding ortho intramolecular Hbond substituents is 1. The van der Waals surface area contributed by atoms with E-state index in [1.807, 2.05) is 115 Å². The van der Waals surface area contributed by atoms with E-state index in [1.165, 1.54) is 11.0 Å². The lowest BCUT2D eigenvalue weighted by molar-refractivity contribution is -0.135. The zero-order valence-electron chi connectivity index (χ0n) is 28.3. The first-order valence-electron chi connectivity index (χ1n) is 17.8. The van der Waals surface area contributed by atoms with Crippen LogP contribution in [0.4, 0.5) is 5.69 Å². The summed E-state index contributed by atoms with van der Waals surface area (Å²) in [6, 6.07) is 37.2. The third-order valence-electron chi connectivity index (χ3n) is 12.0. The SMILES string of the molecule is C=Cc1ccc(N2C(=O)[C@H]3[C@H](CC=C4[C@H]3C[C@H]3C(=O)C(c5ccccc5)=CC(=O)[C@@]3(c3ccccc3)[C@H]4c3ccc4ccccc4c3O)C2=O)cc1. The highest BCUT2D eigenvalue weighted by molar-refractivity contribution is 6.32. The largest absolute Gasteiger partial charge is 0.507 e. The quantitative estimate of drug-likeness (QED) is 0.149. The minimum atomic E-state index is -1.42. The molecular formula is C46H35NO5. The molecule has 6 heteroatoms. The van der Waals surface area contributed by atoms with Crippen molar-refractivity contribution < 1.29 is 24.3 Å². The number of ketones is 2. The van der Waals surface area contributed by atoms with Gasteiger partial charge < -0.3 is 5.11 Å². The average molecular weight is 682 g/mol. The second-order valence-corrected chi connectivity index (χ2v) is 14.3. The summed E-state index contributed by atoms with van der Waals surface area (Å²) in [6.45, 7) is 3.82. The van der Waals surface area contributed by atoms with Gasteiger partial charge in [-0.15, -0.1) is 0 Å². The maximum absolute atomic E-state index is 15.3. The Hall–Kier alpha value is -6.14. The van der Waals surface area contributed by atoms with Crippen LogP contribution >= 0.6 is 0 Å². The number of nitrogens with zero attached hydrogens (tertiary/aromatic N) is 1. The minimum Gasteiger partial charge on any atom is -0.507 e. The van der Waals surface area contributed by atoms with Crippen molar-refractivity contribution in [1.82, 2.24) is 0 Å². The van der Waals surface area contributed by atoms with E-state index in [4.69, 9.17) is 0 Å². The first-order valence-corrected chi connectivity index (χ1v) is 17.8. The van der Waals surface area contributed by atoms with Gasteiger partial charge in [0.2, 0.25) is 11.8 Å². The van der Waals surface area contributed by atoms with Crippen molar-refractivity contribution in [3.63, 3.8) is 0 Å². The van der Waals surface area contributed by atoms with Crippen LogP contribution in [0.5, 0.6) is 5.75 Å². The number of aromatic hydroxyl groups is 1. The highest BCUT2D eigenvalue weighted by Crippen LogP contribution is 2.64. The maximum Gasteiger partial charge on any atom is 0.238 e. The minimum absolute atomic E-state index is 0.0386. The van der Waals surface area contributed by atoms with Crippen molar-refractivity contribution in [3.05, 3.63) is 168 Å². The molecule has 3 aliphatic carbocycles. The number of imide groups is 1. The van der Waals surface area contributed by atoms with E-state index in [0.29, 0.717) is 39.8 Å². The van der Waals surface area contributed by atoms with Gasteiger partial charge in [0.1, 0.15) is 5.75 Å². The lowest BCUT2D eigenvalue weighted by Crippen LogP contribution is -2.58. The molecule has 1 N–H and O–H groups in total. The van der Waals surface area contributed by atoms with Crippen LogP contribution in [0, 0.1) is 23.7 Å². The highest BCUT2D eigenvalue weighted by Gasteiger charge is 2.66. The summed E-state index contributed by atoms with van der Waals surface area (Å²) >= 11 is 0. The topological polar surface area (TPSA) is 91.8 Å². The van der Waals surface area contributed by atoms with E-state index in [1.54, 1.807) is 18.2 Å². The van der Waals surface area contributed by atoms with Gasteiger partial charge >= 0.3 is 0 Å². The summed E-state index contributed by atoms with van der Waals surface area (Å²) in [5.74, 6) is -4.51. The smallest absolute Gasteiger partial charge is 0.238 e. The fraction of sp³-hybridized carbons (Fsp3) is 0.174. The molecule has 1 aliphatic heterocycles. The second-order valence-electron chi connectivity index (χ2n) is 14.3. The third kappa shape index (κ3) is 4.43. The predicted octanol–water partition coefficient (Wildman–Crippen LogP) is 8.22. The van der Waals surface area contributed by atoms with Crippen LogP contribution in [-0.2, 0) is 24.6 Å². The molecule has 2 amide bonds. The summed E-state index contributed by atoms with van der Waals surface area (Å²) in [7, 11) is 0. The number of hydrogen-bond donors (Lipinski definition) is 1. The van der Waals surface area contributed by atoms with Crippen LogP contribution in [0.1, 0.15) is 41.0 Å². The molecular weight excluding hydrogens is 647 g/mol. The standard InChI is InChI=1S/C46H35NO5/c1-2-27-17-20-31(21-18-27)47-44(51)34-24-23-33-37(40(34)45(47)52)25-38-43(50)36(28-11-5-3-6-12-28)26-39(48)46(38,30-14-7-4-8-15-30)41(33)35-22-19-29-13-9-10-16-32(29)42(35)49/h2-23,26,34,37-38,40-41,49H,1,24-25H2/t34-,37+,38-,40-,41+,46-/m0/s1. The Kier molecular flexibility index (Phi) is 7.33. The summed E-state index contributed by atoms with van der Waals surface area (Å²) < 4.78 is 0. The Morgan fingerprint density at radius 2 is 1.44 bits per heavy atom. The van der Waals surface area contributed by atoms with Crippen molar-refractivity contribution in [2.45, 2.75) is 24.2 Å². The molecule has 0 spiro atoms. The van der Waals surface area contributed by atoms with Crippen LogP contribution < -0.4 is 4.90 Å². The number of phenols is 1. The van der Waals surface area contributed by atoms with Crippen LogP contribution in [0.15, 0.2) is 146 Å². The van der Waals surface area contributed by atoms with Crippen molar-refractivity contribution in [2.24, 2.45) is 23.7 Å². The van der Waals surface area contributed by atoms with Gasteiger partial charge in [-0.2, -0.15) is 0 Å². The Balaban J connectivity index is 1.29. The predicted molar refractivity (Wildman–Crippen MR) is 201 cm³/mol. The van der Waals surface area contributed by atoms with Crippen LogP contribution in [-0.4, -0.2) is 28.5 Å². The molecule has 0 unspecified atom stereocenters. The average Bonchev–Trinajstić information content (AvgIpc) is 3.45. The van der Waals surface area contributed by atoms with Gasteiger partial charge in [-0.3, -0.25) is 24.1 Å². The van der Waals surface area contributed by atoms with Crippen LogP contribution in [0.25, 0.3) is 22.4 Å². The Morgan fingerprint density at radius 3 is 2.17 bits per heavy atom. The number of hydrogen-bond acceptors (Lipinski definition) is 5. The number of carbonyl (C=O) groups is 4. The number of Topliss-reactive ketones (excluding diaryl/α,β-unsaturated/α-hetero) is 1. The zero-order valence-corrected chi connectivity index (χ0v) is 28.3. The van der Waals surface area contributed by atoms with E-state index >= 15 is 9.59 Å². The van der Waals surface area contributed by atoms with Crippen molar-refractivity contribution in [1.29, 1.82) is 0 Å². The number of carbonyl (C=O) groups excluding carboxylic acids is 4. The van der Waals surface area contributed by atoms with E-state index in [0.717, 1.165) is 16.5 Å². The normalized spacial score (nSPS) is 26.7. The molecule has 9 rings (SSSR count). The molecule has 0 aromatic heterocycles. The van der Waals surface area contributed by atoms with Gasteiger partial charge in [0.15, 0.2) is 11.6 Å². The molecule has 5 aromatic rings. The molecule has 1 saturated carbocycles. The number of anilines is 1. The van der Waals surface area contributed by atoms with Crippen molar-refractivity contribution in [2.75, 3.05) is 4.90 Å². The molecule has 2 fully saturated rings. The molecule has 254 valence electrons. The summed E-state index contributed by atoms with van der Waals surface area (Å²) in [5, 5.41) is 13.6. The number of allylic oxidation sites excluding steroid dienone is 4. The number of amides is 2. The molecule has 1 saturated heterocycles. The molecule has 1 heterocycles. The first-order chi connectivity index (χ1) is 25.3. The number of rotatable bonds is 5. The Bertz CT molecular complexity index is 2390. The highest BCUT2D eigenvalue weighted by atomic mass is 16.3. The van der Waals surface area contributed by atoms with Crippen molar-refractivity contribution >= 4 is 51.5 Å². The molecule has 0 bridgehead atoms. The lowest BCUT2D eigenvalue weighted by atomic mass is 9.44. The third-order valence-corrected chi connectivity index (χ3v) is 12.0. The monoisotopic (exact) mass is 681 g/mol. The van der Waals surface area contributed by atoms with Gasteiger partial charge in [-0.25, -0.2) is 0 Å². The van der Waals surface area contributed by atoms with Gasteiger partial charge in [0, 0.05) is 28.4 Å². The van der Waals surface area contributed by atoms with Crippen LogP contribution in [0.3, 0.4) is 0 Å². The maximum atomic E-state index is 15.3. The molecule has 6 atom stereocenters. The van der Waals surface area contributed by atoms with Gasteiger partial charge in [-0.1, -0.05) is 133 Å². The van der Waals surface area contributed by atoms with Crippen molar-refractivity contribution in [3.8, 4) is 5.75 Å². The number of fused-ring (bicyclic) bond motifs is 5. The first kappa shape index (κ1) is 31.8. The van der Waals surface area contributed by atoms with E-state index in [9.17, 15) is 14.7 Å². The van der Waals surface area contributed by atoms with Gasteiger partial charge in [0.25, 0.3) is 0 Å². The van der Waals surface area contributed by atoms with E-state index in [-0.39, 0.29) is 35.6 Å². The molecule has 52 heavy (non-hydrogen) atoms. The molecule has 0 radical (unpaired) electrons. The van der Waals surface area contributed by atoms with E-state index < -0.39 is 35.0 Å². The Morgan fingerprint density at radius 1 is 0.750 bits per heavy atom. The molecule has 5 aromatic carbocycles. The fourth-order valence-electron chi connectivity index (χ4n) is 9.74. The summed E-state index contributed by atoms with van der Waals surface area (Å²) in [4.78, 5) is 60.5. The fourth-order valence-corrected chi connectivity index (χ4v) is 9.74. The molecule has 4 aliphatic rings. The molecule has 6 nitrogen and oxygen atoms in total. The zero-order chi connectivity index (χ0) is 35.7. The summed E-state index contributed by atoms with van der Waals surface area (Å²) in [6.07, 6.45) is 5.73. The van der Waals surface area contributed by atoms with Gasteiger partial charge in [0.05, 0.1) is 22.9 Å². The van der Waals surface area contributed by atoms with Crippen LogP contribution in [0.2, 0.25) is 0 Å². The Labute approximate surface area is 301 Å². The van der Waals surface area contributed by atoms with Gasteiger partial charge in [-0.05, 0) is 59.0 Å². The van der Waals surface area contributed by atoms with E-state index in [2.05, 4.69) is 6.58 Å². The second kappa shape index (κ2) is 12.0. The lowest BCUT2D eigenvalue weighted by Gasteiger charge is -2.55. The summed E-state index contributed by atoms with van der Waals surface area (Å²) in [5.41, 5.74) is 2.94. The number of benzene rings is 5.